The fraction of sp³-hybridized carbons (Fsp3) is 0.462. The molecule has 0 aliphatic carbocycles. The highest BCUT2D eigenvalue weighted by Crippen LogP contribution is 2.01. The van der Waals surface area contributed by atoms with Crippen molar-refractivity contribution in [1.82, 2.24) is 0 Å². The summed E-state index contributed by atoms with van der Waals surface area (Å²) in [6, 6.07) is 8.74. The fourth-order valence-electron chi connectivity index (χ4n) is 0.569. The number of halogens is 1. The summed E-state index contributed by atoms with van der Waals surface area (Å²) in [5.41, 5.74) is 0.541. The molecule has 0 saturated carbocycles. The molecule has 0 unspecified atom stereocenters. The maximum atomic E-state index is 10.4. The van der Waals surface area contributed by atoms with Crippen molar-refractivity contribution in [3.05, 3.63) is 35.9 Å². The van der Waals surface area contributed by atoms with Crippen molar-refractivity contribution in [2.45, 2.75) is 41.5 Å². The standard InChI is InChI=1S/C7H5ClO.3C2H6/c8-7(9)6-4-2-1-3-5-6;3*1-2/h1-5H;3*1-2H3. The molecule has 0 atom stereocenters. The Morgan fingerprint density at radius 2 is 1.20 bits per heavy atom. The molecule has 0 fully saturated rings. The van der Waals surface area contributed by atoms with Crippen LogP contribution in [0.1, 0.15) is 51.9 Å². The Bertz CT molecular complexity index is 207. The van der Waals surface area contributed by atoms with Crippen LogP contribution >= 0.6 is 11.6 Å². The number of benzene rings is 1. The third-order valence-corrected chi connectivity index (χ3v) is 1.22. The van der Waals surface area contributed by atoms with Crippen molar-refractivity contribution in [2.75, 3.05) is 0 Å². The molecule has 1 aromatic rings. The van der Waals surface area contributed by atoms with E-state index in [1.165, 1.54) is 0 Å². The van der Waals surface area contributed by atoms with Crippen LogP contribution in [0.2, 0.25) is 0 Å². The van der Waals surface area contributed by atoms with E-state index >= 15 is 0 Å². The van der Waals surface area contributed by atoms with Gasteiger partial charge in [-0.2, -0.15) is 0 Å². The Hall–Kier alpha value is -0.820. The summed E-state index contributed by atoms with van der Waals surface area (Å²) >= 11 is 5.16. The molecular formula is C13H23ClO. The molecule has 1 rings (SSSR count). The second-order valence-electron chi connectivity index (χ2n) is 1.64. The predicted molar refractivity (Wildman–Crippen MR) is 70.7 cm³/mol. The summed E-state index contributed by atoms with van der Waals surface area (Å²) < 4.78 is 0. The van der Waals surface area contributed by atoms with Crippen LogP contribution in [0.25, 0.3) is 0 Å². The van der Waals surface area contributed by atoms with Gasteiger partial charge in [-0.15, -0.1) is 0 Å². The summed E-state index contributed by atoms with van der Waals surface area (Å²) in [5, 5.41) is -0.407. The van der Waals surface area contributed by atoms with Crippen molar-refractivity contribution >= 4 is 16.8 Å². The highest BCUT2D eigenvalue weighted by atomic mass is 35.5. The lowest BCUT2D eigenvalue weighted by Crippen LogP contribution is -1.84. The Balaban J connectivity index is -0.000000208. The number of carbonyl (C=O) groups excluding carboxylic acids is 1. The monoisotopic (exact) mass is 230 g/mol. The second kappa shape index (κ2) is 18.9. The molecule has 0 bridgehead atoms. The summed E-state index contributed by atoms with van der Waals surface area (Å²) in [4.78, 5) is 10.4. The van der Waals surface area contributed by atoms with Crippen molar-refractivity contribution in [3.63, 3.8) is 0 Å². The Morgan fingerprint density at radius 3 is 1.40 bits per heavy atom. The molecule has 0 amide bonds. The van der Waals surface area contributed by atoms with E-state index in [9.17, 15) is 4.79 Å². The van der Waals surface area contributed by atoms with Gasteiger partial charge in [0.15, 0.2) is 0 Å². The first kappa shape index (κ1) is 19.7. The molecule has 0 saturated heterocycles. The van der Waals surface area contributed by atoms with Crippen LogP contribution in [0.4, 0.5) is 0 Å². The highest BCUT2D eigenvalue weighted by molar-refractivity contribution is 6.67. The topological polar surface area (TPSA) is 17.1 Å². The molecule has 0 N–H and O–H groups in total. The molecule has 0 aromatic heterocycles. The molecule has 0 radical (unpaired) electrons. The van der Waals surface area contributed by atoms with E-state index in [4.69, 9.17) is 11.6 Å². The van der Waals surface area contributed by atoms with Crippen LogP contribution in [0.3, 0.4) is 0 Å². The van der Waals surface area contributed by atoms with Gasteiger partial charge in [0.25, 0.3) is 5.24 Å². The van der Waals surface area contributed by atoms with Gasteiger partial charge in [-0.1, -0.05) is 71.9 Å². The zero-order chi connectivity index (χ0) is 12.7. The van der Waals surface area contributed by atoms with Crippen molar-refractivity contribution in [1.29, 1.82) is 0 Å². The molecule has 88 valence electrons. The Labute approximate surface area is 99.5 Å². The van der Waals surface area contributed by atoms with Gasteiger partial charge in [-0.3, -0.25) is 4.79 Å². The van der Waals surface area contributed by atoms with Crippen molar-refractivity contribution < 1.29 is 4.79 Å². The number of carbonyl (C=O) groups is 1. The van der Waals surface area contributed by atoms with Crippen LogP contribution in [-0.2, 0) is 0 Å². The first-order valence-corrected chi connectivity index (χ1v) is 5.93. The van der Waals surface area contributed by atoms with E-state index in [0.29, 0.717) is 5.56 Å². The van der Waals surface area contributed by atoms with Crippen LogP contribution in [-0.4, -0.2) is 5.24 Å². The molecule has 0 heterocycles. The lowest BCUT2D eigenvalue weighted by atomic mass is 10.2. The quantitative estimate of drug-likeness (QED) is 0.611. The van der Waals surface area contributed by atoms with Gasteiger partial charge in [0.2, 0.25) is 0 Å². The summed E-state index contributed by atoms with van der Waals surface area (Å²) in [7, 11) is 0. The van der Waals surface area contributed by atoms with Gasteiger partial charge < -0.3 is 0 Å². The molecule has 0 aliphatic heterocycles. The molecule has 15 heavy (non-hydrogen) atoms. The van der Waals surface area contributed by atoms with Crippen LogP contribution in [0.5, 0.6) is 0 Å². The van der Waals surface area contributed by atoms with Crippen LogP contribution in [0.15, 0.2) is 30.3 Å². The summed E-state index contributed by atoms with van der Waals surface area (Å²) in [6.07, 6.45) is 0. The van der Waals surface area contributed by atoms with Gasteiger partial charge in [0.05, 0.1) is 0 Å². The SMILES string of the molecule is CC.CC.CC.O=C(Cl)c1ccccc1. The minimum absolute atomic E-state index is 0.407. The smallest absolute Gasteiger partial charge is 0.252 e. The number of hydrogen-bond donors (Lipinski definition) is 0. The maximum Gasteiger partial charge on any atom is 0.252 e. The molecule has 0 aliphatic rings. The molecule has 1 nitrogen and oxygen atoms in total. The van der Waals surface area contributed by atoms with E-state index in [1.807, 2.05) is 47.6 Å². The predicted octanol–water partition coefficient (Wildman–Crippen LogP) is 5.14. The average Bonchev–Trinajstić information content (AvgIpc) is 2.38. The number of rotatable bonds is 1. The Kier molecular flexibility index (Phi) is 24.8. The largest absolute Gasteiger partial charge is 0.276 e. The lowest BCUT2D eigenvalue weighted by molar-refractivity contribution is 0.108. The minimum Gasteiger partial charge on any atom is -0.276 e. The van der Waals surface area contributed by atoms with E-state index < -0.39 is 5.24 Å². The van der Waals surface area contributed by atoms with Crippen molar-refractivity contribution in [2.24, 2.45) is 0 Å². The summed E-state index contributed by atoms with van der Waals surface area (Å²) in [5.74, 6) is 0. The van der Waals surface area contributed by atoms with E-state index in [0.717, 1.165) is 0 Å². The van der Waals surface area contributed by atoms with Gasteiger partial charge in [0, 0.05) is 5.56 Å². The molecular weight excluding hydrogens is 208 g/mol. The van der Waals surface area contributed by atoms with Gasteiger partial charge in [-0.25, -0.2) is 0 Å². The van der Waals surface area contributed by atoms with E-state index in [2.05, 4.69) is 0 Å². The fourth-order valence-corrected chi connectivity index (χ4v) is 0.695. The highest BCUT2D eigenvalue weighted by Gasteiger charge is 1.95. The number of hydrogen-bond acceptors (Lipinski definition) is 1. The van der Waals surface area contributed by atoms with E-state index in [-0.39, 0.29) is 0 Å². The lowest BCUT2D eigenvalue weighted by Gasteiger charge is -1.87. The van der Waals surface area contributed by atoms with E-state index in [1.54, 1.807) is 24.3 Å². The summed E-state index contributed by atoms with van der Waals surface area (Å²) in [6.45, 7) is 12.0. The third-order valence-electron chi connectivity index (χ3n) is 1.00. The normalized spacial score (nSPS) is 6.60. The molecule has 1 aromatic carbocycles. The molecule has 2 heteroatoms. The van der Waals surface area contributed by atoms with Gasteiger partial charge in [0.1, 0.15) is 0 Å². The Morgan fingerprint density at radius 1 is 0.867 bits per heavy atom. The third kappa shape index (κ3) is 13.2. The minimum atomic E-state index is -0.407. The van der Waals surface area contributed by atoms with Crippen LogP contribution in [0, 0.1) is 0 Å². The maximum absolute atomic E-state index is 10.4. The van der Waals surface area contributed by atoms with Gasteiger partial charge in [-0.05, 0) is 11.6 Å². The first-order chi connectivity index (χ1) is 7.30. The van der Waals surface area contributed by atoms with Crippen LogP contribution < -0.4 is 0 Å². The average molecular weight is 231 g/mol. The zero-order valence-corrected chi connectivity index (χ0v) is 11.4. The molecule has 0 spiro atoms. The second-order valence-corrected chi connectivity index (χ2v) is 1.98. The van der Waals surface area contributed by atoms with Gasteiger partial charge >= 0.3 is 0 Å². The van der Waals surface area contributed by atoms with Crippen molar-refractivity contribution in [3.8, 4) is 0 Å². The zero-order valence-electron chi connectivity index (χ0n) is 10.7. The first-order valence-electron chi connectivity index (χ1n) is 5.55.